The van der Waals surface area contributed by atoms with E-state index in [1.807, 2.05) is 0 Å². The van der Waals surface area contributed by atoms with Gasteiger partial charge in [0.1, 0.15) is 0 Å². The van der Waals surface area contributed by atoms with Crippen molar-refractivity contribution in [1.29, 1.82) is 0 Å². The van der Waals surface area contributed by atoms with E-state index < -0.39 is 20.0 Å². The Morgan fingerprint density at radius 2 is 1.87 bits per heavy atom. The smallest absolute Gasteiger partial charge is 1.00 e. The first kappa shape index (κ1) is 14.3. The van der Waals surface area contributed by atoms with Crippen molar-refractivity contribution in [2.75, 3.05) is 0 Å². The quantitative estimate of drug-likeness (QED) is 0.478. The van der Waals surface area contributed by atoms with Crippen LogP contribution in [-0.2, 0) is 9.84 Å². The molecule has 0 spiro atoms. The van der Waals surface area contributed by atoms with Gasteiger partial charge in [-0.3, -0.25) is 4.79 Å². The third kappa shape index (κ3) is 2.88. The fraction of sp³-hybridized carbons (Fsp3) is 0. The number of carbonyl (C=O) groups is 2. The summed E-state index contributed by atoms with van der Waals surface area (Å²) in [5, 5.41) is 6.44. The topological polar surface area (TPSA) is 88.5 Å². The van der Waals surface area contributed by atoms with Gasteiger partial charge in [-0.25, -0.2) is 13.2 Å². The molecule has 0 heterocycles. The summed E-state index contributed by atoms with van der Waals surface area (Å²) in [6, 6.07) is 5.11. The summed E-state index contributed by atoms with van der Waals surface area (Å²) < 4.78 is 22.3. The number of carbonyl (C=O) groups excluding carboxylic acids is 1. The van der Waals surface area contributed by atoms with Gasteiger partial charge in [0.05, 0.1) is 4.90 Å². The predicted molar refractivity (Wildman–Crippen MR) is 48.2 cm³/mol. The fourth-order valence-electron chi connectivity index (χ4n) is 0.917. The van der Waals surface area contributed by atoms with Crippen LogP contribution in [0, 0.1) is 0 Å². The molecule has 0 aliphatic heterocycles. The normalized spacial score (nSPS) is 10.1. The Kier molecular flexibility index (Phi) is 5.16. The minimum atomic E-state index is -4.43. The monoisotopic (exact) mass is 238 g/mol. The molecule has 1 rings (SSSR count). The SMILES string of the molecule is O=Cc1ccccc1S(=O)(=O)C(=O)O.[H-].[Na+]. The van der Waals surface area contributed by atoms with Crippen molar-refractivity contribution in [2.24, 2.45) is 0 Å². The molecule has 0 saturated carbocycles. The van der Waals surface area contributed by atoms with Gasteiger partial charge in [-0.1, -0.05) is 18.2 Å². The summed E-state index contributed by atoms with van der Waals surface area (Å²) in [6.45, 7) is 0. The molecule has 15 heavy (non-hydrogen) atoms. The first-order chi connectivity index (χ1) is 6.50. The zero-order valence-electron chi connectivity index (χ0n) is 8.88. The Morgan fingerprint density at radius 1 is 1.33 bits per heavy atom. The molecule has 0 aliphatic rings. The molecule has 0 saturated heterocycles. The van der Waals surface area contributed by atoms with Crippen LogP contribution >= 0.6 is 0 Å². The van der Waals surface area contributed by atoms with E-state index in [0.29, 0.717) is 6.29 Å². The number of hydrogen-bond donors (Lipinski definition) is 1. The van der Waals surface area contributed by atoms with Crippen molar-refractivity contribution in [1.82, 2.24) is 0 Å². The Labute approximate surface area is 110 Å². The van der Waals surface area contributed by atoms with Crippen molar-refractivity contribution in [3.05, 3.63) is 29.8 Å². The second kappa shape index (κ2) is 5.41. The number of aldehydes is 1. The van der Waals surface area contributed by atoms with Gasteiger partial charge in [-0.15, -0.1) is 0 Å². The standard InChI is InChI=1S/C8H6O5S.Na.H/c9-5-6-3-1-2-4-7(6)14(12,13)8(10)11;;/h1-5H,(H,10,11);;/q;+1;-1. The maximum Gasteiger partial charge on any atom is 1.00 e. The second-order valence-electron chi connectivity index (χ2n) is 2.43. The first-order valence-electron chi connectivity index (χ1n) is 3.52. The Bertz CT molecular complexity index is 485. The molecular formula is C8H7NaO5S. The van der Waals surface area contributed by atoms with Crippen LogP contribution in [0.2, 0.25) is 0 Å². The van der Waals surface area contributed by atoms with E-state index in [-0.39, 0.29) is 36.5 Å². The molecule has 0 unspecified atom stereocenters. The van der Waals surface area contributed by atoms with Gasteiger partial charge in [0.2, 0.25) is 0 Å². The molecule has 0 aliphatic carbocycles. The zero-order chi connectivity index (χ0) is 10.8. The van der Waals surface area contributed by atoms with Crippen LogP contribution in [0.5, 0.6) is 0 Å². The Hall–Kier alpha value is -0.690. The van der Waals surface area contributed by atoms with Gasteiger partial charge in [0.25, 0.3) is 9.84 Å². The summed E-state index contributed by atoms with van der Waals surface area (Å²) in [5.74, 6) is 0. The molecular weight excluding hydrogens is 231 g/mol. The van der Waals surface area contributed by atoms with E-state index in [1.165, 1.54) is 18.2 Å². The van der Waals surface area contributed by atoms with Gasteiger partial charge >= 0.3 is 34.9 Å². The van der Waals surface area contributed by atoms with E-state index in [9.17, 15) is 18.0 Å². The van der Waals surface area contributed by atoms with Crippen LogP contribution in [0.1, 0.15) is 11.8 Å². The Balaban J connectivity index is 0. The molecule has 7 heteroatoms. The summed E-state index contributed by atoms with van der Waals surface area (Å²) in [4.78, 5) is 20.3. The molecule has 1 N–H and O–H groups in total. The van der Waals surface area contributed by atoms with Gasteiger partial charge in [0, 0.05) is 5.56 Å². The van der Waals surface area contributed by atoms with Crippen LogP contribution < -0.4 is 29.6 Å². The van der Waals surface area contributed by atoms with Crippen LogP contribution in [0.4, 0.5) is 4.79 Å². The van der Waals surface area contributed by atoms with Gasteiger partial charge in [0.15, 0.2) is 6.29 Å². The molecule has 1 aromatic carbocycles. The summed E-state index contributed by atoms with van der Waals surface area (Å²) in [5.41, 5.74) is -0.157. The van der Waals surface area contributed by atoms with Crippen molar-refractivity contribution in [2.45, 2.75) is 4.90 Å². The van der Waals surface area contributed by atoms with Crippen molar-refractivity contribution >= 4 is 21.4 Å². The number of sulfone groups is 1. The van der Waals surface area contributed by atoms with Gasteiger partial charge in [-0.05, 0) is 6.07 Å². The number of benzene rings is 1. The predicted octanol–water partition coefficient (Wildman–Crippen LogP) is -1.93. The van der Waals surface area contributed by atoms with Crippen molar-refractivity contribution in [3.8, 4) is 0 Å². The maximum absolute atomic E-state index is 11.2. The van der Waals surface area contributed by atoms with Crippen LogP contribution in [0.25, 0.3) is 0 Å². The third-order valence-corrected chi connectivity index (χ3v) is 2.98. The number of carboxylic acid groups (broad SMARTS) is 1. The zero-order valence-corrected chi connectivity index (χ0v) is 10.7. The summed E-state index contributed by atoms with van der Waals surface area (Å²) >= 11 is 0. The minimum Gasteiger partial charge on any atom is -1.00 e. The molecule has 0 radical (unpaired) electrons. The largest absolute Gasteiger partial charge is 1.00 e. The summed E-state index contributed by atoms with van der Waals surface area (Å²) in [6.07, 6.45) is 0.301. The average Bonchev–Trinajstić information content (AvgIpc) is 2.17. The first-order valence-corrected chi connectivity index (χ1v) is 5.00. The Morgan fingerprint density at radius 3 is 2.33 bits per heavy atom. The molecule has 0 atom stereocenters. The molecule has 5 nitrogen and oxygen atoms in total. The van der Waals surface area contributed by atoms with E-state index >= 15 is 0 Å². The van der Waals surface area contributed by atoms with Crippen LogP contribution in [-0.4, -0.2) is 25.1 Å². The van der Waals surface area contributed by atoms with E-state index in [0.717, 1.165) is 6.07 Å². The third-order valence-electron chi connectivity index (χ3n) is 1.57. The van der Waals surface area contributed by atoms with Crippen molar-refractivity contribution < 1.29 is 54.1 Å². The molecule has 1 aromatic rings. The van der Waals surface area contributed by atoms with Gasteiger partial charge in [-0.2, -0.15) is 0 Å². The summed E-state index contributed by atoms with van der Waals surface area (Å²) in [7, 11) is -4.43. The van der Waals surface area contributed by atoms with E-state index in [4.69, 9.17) is 5.11 Å². The number of hydrogen-bond acceptors (Lipinski definition) is 4. The molecule has 0 amide bonds. The molecule has 0 fully saturated rings. The van der Waals surface area contributed by atoms with Crippen LogP contribution in [0.15, 0.2) is 29.2 Å². The van der Waals surface area contributed by atoms with E-state index in [1.54, 1.807) is 0 Å². The van der Waals surface area contributed by atoms with E-state index in [2.05, 4.69) is 0 Å². The van der Waals surface area contributed by atoms with Gasteiger partial charge < -0.3 is 6.53 Å². The van der Waals surface area contributed by atoms with Crippen molar-refractivity contribution in [3.63, 3.8) is 0 Å². The maximum atomic E-state index is 11.2. The average molecular weight is 238 g/mol. The second-order valence-corrected chi connectivity index (χ2v) is 4.22. The molecule has 0 aromatic heterocycles. The fourth-order valence-corrected chi connectivity index (χ4v) is 1.79. The molecule has 76 valence electrons. The minimum absolute atomic E-state index is 0. The number of rotatable bonds is 2. The molecule has 0 bridgehead atoms. The van der Waals surface area contributed by atoms with Crippen LogP contribution in [0.3, 0.4) is 0 Å².